The van der Waals surface area contributed by atoms with Crippen molar-refractivity contribution in [1.82, 2.24) is 10.2 Å². The lowest BCUT2D eigenvalue weighted by Crippen LogP contribution is -2.38. The minimum atomic E-state index is 0.778. The van der Waals surface area contributed by atoms with Gasteiger partial charge in [0.25, 0.3) is 0 Å². The third-order valence-corrected chi connectivity index (χ3v) is 3.48. The Balaban J connectivity index is 1.95. The Bertz CT molecular complexity index is 424. The zero-order valence-electron chi connectivity index (χ0n) is 11.7. The molecule has 2 rings (SSSR count). The number of hydrogen-bond acceptors (Lipinski definition) is 1. The minimum Gasteiger partial charge on any atom is -0.357 e. The number of hydrogen-bond donors (Lipinski definition) is 1. The van der Waals surface area contributed by atoms with E-state index in [0.717, 1.165) is 36.5 Å². The fourth-order valence-corrected chi connectivity index (χ4v) is 2.05. The number of aliphatic imine (C=N–C) groups is 1. The summed E-state index contributed by atoms with van der Waals surface area (Å²) in [5.41, 5.74) is 1.24. The molecule has 0 unspecified atom stereocenters. The Morgan fingerprint density at radius 2 is 2.05 bits per heavy atom. The van der Waals surface area contributed by atoms with Crippen LogP contribution in [0.1, 0.15) is 25.3 Å². The summed E-state index contributed by atoms with van der Waals surface area (Å²) in [7, 11) is 2.07. The van der Waals surface area contributed by atoms with Crippen LogP contribution in [0.25, 0.3) is 0 Å². The molecule has 0 aliphatic heterocycles. The third kappa shape index (κ3) is 4.75. The van der Waals surface area contributed by atoms with Crippen molar-refractivity contribution in [2.24, 2.45) is 10.9 Å². The molecular formula is C15H22ClN3. The highest BCUT2D eigenvalue weighted by Crippen LogP contribution is 2.28. The van der Waals surface area contributed by atoms with Gasteiger partial charge < -0.3 is 10.2 Å². The summed E-state index contributed by atoms with van der Waals surface area (Å²) in [6, 6.07) is 7.98. The maximum atomic E-state index is 5.90. The van der Waals surface area contributed by atoms with Crippen LogP contribution in [0, 0.1) is 5.92 Å². The topological polar surface area (TPSA) is 27.6 Å². The lowest BCUT2D eigenvalue weighted by molar-refractivity contribution is 0.476. The predicted octanol–water partition coefficient (Wildman–Crippen LogP) is 3.15. The highest BCUT2D eigenvalue weighted by molar-refractivity contribution is 6.30. The van der Waals surface area contributed by atoms with Crippen molar-refractivity contribution < 1.29 is 0 Å². The van der Waals surface area contributed by atoms with Gasteiger partial charge in [-0.25, -0.2) is 0 Å². The molecule has 0 spiro atoms. The monoisotopic (exact) mass is 279 g/mol. The summed E-state index contributed by atoms with van der Waals surface area (Å²) < 4.78 is 0. The molecule has 4 heteroatoms. The van der Waals surface area contributed by atoms with E-state index >= 15 is 0 Å². The SMILES string of the molecule is CCNC(=NCC1CC1)N(C)Cc1ccc(Cl)cc1. The van der Waals surface area contributed by atoms with Crippen LogP contribution >= 0.6 is 11.6 Å². The second kappa shape index (κ2) is 6.80. The summed E-state index contributed by atoms with van der Waals surface area (Å²) in [4.78, 5) is 6.86. The molecule has 19 heavy (non-hydrogen) atoms. The van der Waals surface area contributed by atoms with Gasteiger partial charge in [-0.2, -0.15) is 0 Å². The highest BCUT2D eigenvalue weighted by atomic mass is 35.5. The first-order chi connectivity index (χ1) is 9.19. The molecule has 1 aromatic rings. The fraction of sp³-hybridized carbons (Fsp3) is 0.533. The molecule has 0 atom stereocenters. The van der Waals surface area contributed by atoms with Gasteiger partial charge in [0.15, 0.2) is 5.96 Å². The Labute approximate surface area is 120 Å². The van der Waals surface area contributed by atoms with E-state index in [9.17, 15) is 0 Å². The zero-order chi connectivity index (χ0) is 13.7. The van der Waals surface area contributed by atoms with Gasteiger partial charge in [-0.05, 0) is 43.4 Å². The summed E-state index contributed by atoms with van der Waals surface area (Å²) in [6.45, 7) is 4.79. The van der Waals surface area contributed by atoms with Crippen LogP contribution in [0.5, 0.6) is 0 Å². The standard InChI is InChI=1S/C15H22ClN3/c1-3-17-15(18-10-12-4-5-12)19(2)11-13-6-8-14(16)9-7-13/h6-9,12H,3-5,10-11H2,1-2H3,(H,17,18). The Morgan fingerprint density at radius 1 is 1.37 bits per heavy atom. The summed E-state index contributed by atoms with van der Waals surface area (Å²) in [5, 5.41) is 4.13. The fourth-order valence-electron chi connectivity index (χ4n) is 1.92. The molecule has 1 saturated carbocycles. The maximum Gasteiger partial charge on any atom is 0.193 e. The first-order valence-corrected chi connectivity index (χ1v) is 7.30. The van der Waals surface area contributed by atoms with E-state index in [2.05, 4.69) is 36.3 Å². The van der Waals surface area contributed by atoms with Crippen molar-refractivity contribution in [1.29, 1.82) is 0 Å². The molecule has 0 saturated heterocycles. The number of halogens is 1. The largest absolute Gasteiger partial charge is 0.357 e. The molecule has 0 amide bonds. The predicted molar refractivity (Wildman–Crippen MR) is 81.6 cm³/mol. The van der Waals surface area contributed by atoms with Crippen LogP contribution in [0.4, 0.5) is 0 Å². The van der Waals surface area contributed by atoms with Gasteiger partial charge in [-0.1, -0.05) is 23.7 Å². The van der Waals surface area contributed by atoms with E-state index in [1.54, 1.807) is 0 Å². The second-order valence-electron chi connectivity index (χ2n) is 5.12. The smallest absolute Gasteiger partial charge is 0.193 e. The molecule has 104 valence electrons. The normalized spacial score (nSPS) is 15.4. The minimum absolute atomic E-state index is 0.778. The van der Waals surface area contributed by atoms with E-state index in [1.165, 1.54) is 18.4 Å². The molecular weight excluding hydrogens is 258 g/mol. The van der Waals surface area contributed by atoms with Gasteiger partial charge in [0.2, 0.25) is 0 Å². The maximum absolute atomic E-state index is 5.90. The van der Waals surface area contributed by atoms with Crippen molar-refractivity contribution in [3.63, 3.8) is 0 Å². The van der Waals surface area contributed by atoms with Gasteiger partial charge in [0, 0.05) is 31.7 Å². The number of rotatable bonds is 5. The van der Waals surface area contributed by atoms with Gasteiger partial charge >= 0.3 is 0 Å². The lowest BCUT2D eigenvalue weighted by Gasteiger charge is -2.22. The van der Waals surface area contributed by atoms with Crippen LogP contribution in [-0.4, -0.2) is 31.0 Å². The third-order valence-electron chi connectivity index (χ3n) is 3.23. The van der Waals surface area contributed by atoms with E-state index in [0.29, 0.717) is 0 Å². The molecule has 0 radical (unpaired) electrons. The Hall–Kier alpha value is -1.22. The first kappa shape index (κ1) is 14.2. The molecule has 0 heterocycles. The Kier molecular flexibility index (Phi) is 5.08. The highest BCUT2D eigenvalue weighted by Gasteiger charge is 2.21. The first-order valence-electron chi connectivity index (χ1n) is 6.93. The van der Waals surface area contributed by atoms with Crippen molar-refractivity contribution in [3.8, 4) is 0 Å². The molecule has 1 aliphatic rings. The van der Waals surface area contributed by atoms with E-state index in [1.807, 2.05) is 12.1 Å². The number of nitrogens with one attached hydrogen (secondary N) is 1. The average molecular weight is 280 g/mol. The van der Waals surface area contributed by atoms with Crippen LogP contribution in [0.15, 0.2) is 29.3 Å². The lowest BCUT2D eigenvalue weighted by atomic mass is 10.2. The molecule has 1 aliphatic carbocycles. The van der Waals surface area contributed by atoms with Crippen LogP contribution in [-0.2, 0) is 6.54 Å². The molecule has 1 fully saturated rings. The van der Waals surface area contributed by atoms with Crippen LogP contribution in [0.2, 0.25) is 5.02 Å². The zero-order valence-corrected chi connectivity index (χ0v) is 12.5. The van der Waals surface area contributed by atoms with Crippen molar-refractivity contribution in [3.05, 3.63) is 34.9 Å². The molecule has 1 aromatic carbocycles. The van der Waals surface area contributed by atoms with Gasteiger partial charge in [-0.3, -0.25) is 4.99 Å². The molecule has 0 bridgehead atoms. The Morgan fingerprint density at radius 3 is 2.63 bits per heavy atom. The van der Waals surface area contributed by atoms with Gasteiger partial charge in [0.05, 0.1) is 0 Å². The van der Waals surface area contributed by atoms with E-state index < -0.39 is 0 Å². The van der Waals surface area contributed by atoms with Crippen molar-refractivity contribution in [2.45, 2.75) is 26.3 Å². The van der Waals surface area contributed by atoms with E-state index in [-0.39, 0.29) is 0 Å². The number of guanidine groups is 1. The van der Waals surface area contributed by atoms with Crippen LogP contribution in [0.3, 0.4) is 0 Å². The summed E-state index contributed by atoms with van der Waals surface area (Å²) >= 11 is 5.90. The van der Waals surface area contributed by atoms with Gasteiger partial charge in [-0.15, -0.1) is 0 Å². The summed E-state index contributed by atoms with van der Waals surface area (Å²) in [6.07, 6.45) is 2.67. The van der Waals surface area contributed by atoms with Crippen molar-refractivity contribution in [2.75, 3.05) is 20.1 Å². The second-order valence-corrected chi connectivity index (χ2v) is 5.56. The van der Waals surface area contributed by atoms with Crippen molar-refractivity contribution >= 4 is 17.6 Å². The van der Waals surface area contributed by atoms with Crippen LogP contribution < -0.4 is 5.32 Å². The molecule has 0 aromatic heterocycles. The average Bonchev–Trinajstić information content (AvgIpc) is 3.21. The number of benzene rings is 1. The summed E-state index contributed by atoms with van der Waals surface area (Å²) in [5.74, 6) is 1.81. The molecule has 1 N–H and O–H groups in total. The molecule has 3 nitrogen and oxygen atoms in total. The quantitative estimate of drug-likeness (QED) is 0.662. The van der Waals surface area contributed by atoms with E-state index in [4.69, 9.17) is 16.6 Å². The van der Waals surface area contributed by atoms with Gasteiger partial charge in [0.1, 0.15) is 0 Å². The number of nitrogens with zero attached hydrogens (tertiary/aromatic N) is 2.